The lowest BCUT2D eigenvalue weighted by molar-refractivity contribution is 0.309. The Balaban J connectivity index is 2.61. The van der Waals surface area contributed by atoms with Gasteiger partial charge in [0.25, 0.3) is 0 Å². The SMILES string of the molecule is C=C(C)CCC(NCCC)c1ccc(OCCCC)cc1. The minimum Gasteiger partial charge on any atom is -0.494 e. The molecule has 21 heavy (non-hydrogen) atoms. The maximum atomic E-state index is 5.73. The molecular formula is C19H31NO. The van der Waals surface area contributed by atoms with Crippen LogP contribution in [0.4, 0.5) is 0 Å². The van der Waals surface area contributed by atoms with Crippen LogP contribution in [0, 0.1) is 0 Å². The molecule has 1 aromatic rings. The van der Waals surface area contributed by atoms with Crippen molar-refractivity contribution in [2.45, 2.75) is 58.9 Å². The summed E-state index contributed by atoms with van der Waals surface area (Å²) < 4.78 is 5.73. The summed E-state index contributed by atoms with van der Waals surface area (Å²) in [5, 5.41) is 3.63. The van der Waals surface area contributed by atoms with E-state index in [1.807, 2.05) is 0 Å². The van der Waals surface area contributed by atoms with Crippen LogP contribution in [-0.4, -0.2) is 13.2 Å². The quantitative estimate of drug-likeness (QED) is 0.443. The molecule has 2 heteroatoms. The Hall–Kier alpha value is -1.28. The minimum absolute atomic E-state index is 0.409. The highest BCUT2D eigenvalue weighted by atomic mass is 16.5. The summed E-state index contributed by atoms with van der Waals surface area (Å²) in [6, 6.07) is 8.96. The molecule has 0 heterocycles. The average molecular weight is 289 g/mol. The Morgan fingerprint density at radius 3 is 2.48 bits per heavy atom. The molecule has 0 aliphatic carbocycles. The molecule has 1 rings (SSSR count). The molecule has 0 radical (unpaired) electrons. The Bertz CT molecular complexity index is 397. The zero-order valence-corrected chi connectivity index (χ0v) is 14.0. The van der Waals surface area contributed by atoms with Crippen LogP contribution in [0.1, 0.15) is 64.5 Å². The average Bonchev–Trinajstić information content (AvgIpc) is 2.48. The monoisotopic (exact) mass is 289 g/mol. The van der Waals surface area contributed by atoms with Crippen LogP contribution in [0.5, 0.6) is 5.75 Å². The van der Waals surface area contributed by atoms with Crippen LogP contribution in [-0.2, 0) is 0 Å². The molecule has 0 amide bonds. The highest BCUT2D eigenvalue weighted by molar-refractivity contribution is 5.29. The second-order valence-corrected chi connectivity index (χ2v) is 5.77. The van der Waals surface area contributed by atoms with E-state index in [9.17, 15) is 0 Å². The maximum absolute atomic E-state index is 5.73. The molecule has 0 aromatic heterocycles. The first-order valence-electron chi connectivity index (χ1n) is 8.27. The molecule has 0 saturated carbocycles. The summed E-state index contributed by atoms with van der Waals surface area (Å²) in [7, 11) is 0. The summed E-state index contributed by atoms with van der Waals surface area (Å²) in [6.45, 7) is 12.3. The van der Waals surface area contributed by atoms with E-state index < -0.39 is 0 Å². The molecule has 0 fully saturated rings. The Morgan fingerprint density at radius 1 is 1.19 bits per heavy atom. The minimum atomic E-state index is 0.409. The number of benzene rings is 1. The topological polar surface area (TPSA) is 21.3 Å². The third kappa shape index (κ3) is 7.33. The van der Waals surface area contributed by atoms with Crippen molar-refractivity contribution in [1.29, 1.82) is 0 Å². The van der Waals surface area contributed by atoms with Crippen LogP contribution in [0.3, 0.4) is 0 Å². The molecule has 118 valence electrons. The molecule has 1 aromatic carbocycles. The van der Waals surface area contributed by atoms with E-state index in [0.717, 1.165) is 44.6 Å². The van der Waals surface area contributed by atoms with Gasteiger partial charge in [-0.1, -0.05) is 38.0 Å². The highest BCUT2D eigenvalue weighted by Crippen LogP contribution is 2.23. The van der Waals surface area contributed by atoms with Gasteiger partial charge in [-0.2, -0.15) is 0 Å². The molecule has 1 atom stereocenters. The first kappa shape index (κ1) is 17.8. The lowest BCUT2D eigenvalue weighted by Crippen LogP contribution is -2.22. The number of unbranched alkanes of at least 4 members (excludes halogenated alkanes) is 1. The zero-order valence-electron chi connectivity index (χ0n) is 14.0. The molecule has 0 aliphatic rings. The Labute approximate surface area is 130 Å². The van der Waals surface area contributed by atoms with Gasteiger partial charge in [0, 0.05) is 6.04 Å². The number of rotatable bonds is 11. The van der Waals surface area contributed by atoms with Gasteiger partial charge < -0.3 is 10.1 Å². The molecule has 2 nitrogen and oxygen atoms in total. The third-order valence-electron chi connectivity index (χ3n) is 3.55. The third-order valence-corrected chi connectivity index (χ3v) is 3.55. The van der Waals surface area contributed by atoms with Gasteiger partial charge in [0.05, 0.1) is 6.61 Å². The molecule has 0 spiro atoms. The van der Waals surface area contributed by atoms with E-state index in [-0.39, 0.29) is 0 Å². The van der Waals surface area contributed by atoms with E-state index in [0.29, 0.717) is 6.04 Å². The van der Waals surface area contributed by atoms with Crippen molar-refractivity contribution in [3.8, 4) is 5.75 Å². The highest BCUT2D eigenvalue weighted by Gasteiger charge is 2.10. The number of ether oxygens (including phenoxy) is 1. The fraction of sp³-hybridized carbons (Fsp3) is 0.579. The van der Waals surface area contributed by atoms with Gasteiger partial charge in [-0.3, -0.25) is 0 Å². The molecule has 1 N–H and O–H groups in total. The normalized spacial score (nSPS) is 12.1. The van der Waals surface area contributed by atoms with Gasteiger partial charge in [0.2, 0.25) is 0 Å². The van der Waals surface area contributed by atoms with Crippen LogP contribution >= 0.6 is 0 Å². The van der Waals surface area contributed by atoms with E-state index >= 15 is 0 Å². The second kappa shape index (κ2) is 10.4. The van der Waals surface area contributed by atoms with Crippen molar-refractivity contribution in [1.82, 2.24) is 5.32 Å². The summed E-state index contributed by atoms with van der Waals surface area (Å²) in [4.78, 5) is 0. The molecular weight excluding hydrogens is 258 g/mol. The number of nitrogens with one attached hydrogen (secondary N) is 1. The second-order valence-electron chi connectivity index (χ2n) is 5.77. The van der Waals surface area contributed by atoms with Gasteiger partial charge in [0.15, 0.2) is 0 Å². The van der Waals surface area contributed by atoms with Crippen LogP contribution in [0.15, 0.2) is 36.4 Å². The van der Waals surface area contributed by atoms with Crippen molar-refractivity contribution in [2.24, 2.45) is 0 Å². The van der Waals surface area contributed by atoms with Crippen LogP contribution in [0.25, 0.3) is 0 Å². The van der Waals surface area contributed by atoms with Gasteiger partial charge in [-0.05, 0) is 56.8 Å². The lowest BCUT2D eigenvalue weighted by atomic mass is 9.99. The predicted octanol–water partition coefficient (Wildman–Crippen LogP) is 5.26. The van der Waals surface area contributed by atoms with Gasteiger partial charge in [0.1, 0.15) is 5.75 Å². The van der Waals surface area contributed by atoms with Gasteiger partial charge in [-0.25, -0.2) is 0 Å². The summed E-state index contributed by atoms with van der Waals surface area (Å²) >= 11 is 0. The molecule has 0 aliphatic heterocycles. The molecule has 1 unspecified atom stereocenters. The van der Waals surface area contributed by atoms with Crippen molar-refractivity contribution in [3.05, 3.63) is 42.0 Å². The van der Waals surface area contributed by atoms with E-state index in [1.54, 1.807) is 0 Å². The van der Waals surface area contributed by atoms with E-state index in [4.69, 9.17) is 4.74 Å². The summed E-state index contributed by atoms with van der Waals surface area (Å²) in [6.07, 6.45) is 5.60. The van der Waals surface area contributed by atoms with E-state index in [2.05, 4.69) is 56.9 Å². The predicted molar refractivity (Wildman–Crippen MR) is 91.9 cm³/mol. The van der Waals surface area contributed by atoms with Gasteiger partial charge >= 0.3 is 0 Å². The van der Waals surface area contributed by atoms with E-state index in [1.165, 1.54) is 17.6 Å². The molecule has 0 saturated heterocycles. The first-order valence-corrected chi connectivity index (χ1v) is 8.27. The number of hydrogen-bond donors (Lipinski definition) is 1. The fourth-order valence-electron chi connectivity index (χ4n) is 2.23. The summed E-state index contributed by atoms with van der Waals surface area (Å²) in [5.74, 6) is 0.973. The number of hydrogen-bond acceptors (Lipinski definition) is 2. The Morgan fingerprint density at radius 2 is 1.90 bits per heavy atom. The van der Waals surface area contributed by atoms with Crippen LogP contribution in [0.2, 0.25) is 0 Å². The number of allylic oxidation sites excluding steroid dienone is 1. The summed E-state index contributed by atoms with van der Waals surface area (Å²) in [5.41, 5.74) is 2.59. The van der Waals surface area contributed by atoms with Gasteiger partial charge in [-0.15, -0.1) is 6.58 Å². The largest absolute Gasteiger partial charge is 0.494 e. The van der Waals surface area contributed by atoms with Crippen LogP contribution < -0.4 is 10.1 Å². The van der Waals surface area contributed by atoms with Crippen molar-refractivity contribution in [3.63, 3.8) is 0 Å². The maximum Gasteiger partial charge on any atom is 0.119 e. The zero-order chi connectivity index (χ0) is 15.5. The molecule has 0 bridgehead atoms. The standard InChI is InChI=1S/C19H31NO/c1-5-7-15-21-18-11-9-17(10-12-18)19(20-14-6-2)13-8-16(3)4/h9-12,19-20H,3,5-8,13-15H2,1-2,4H3. The lowest BCUT2D eigenvalue weighted by Gasteiger charge is -2.19. The Kier molecular flexibility index (Phi) is 8.84. The smallest absolute Gasteiger partial charge is 0.119 e. The van der Waals surface area contributed by atoms with Crippen molar-refractivity contribution in [2.75, 3.05) is 13.2 Å². The van der Waals surface area contributed by atoms with Crippen molar-refractivity contribution >= 4 is 0 Å². The fourth-order valence-corrected chi connectivity index (χ4v) is 2.23. The van der Waals surface area contributed by atoms with Crippen molar-refractivity contribution < 1.29 is 4.74 Å². The first-order chi connectivity index (χ1) is 10.2.